The summed E-state index contributed by atoms with van der Waals surface area (Å²) in [5.41, 5.74) is 1.21. The van der Waals surface area contributed by atoms with Crippen molar-refractivity contribution in [3.63, 3.8) is 0 Å². The molecule has 0 saturated heterocycles. The molecule has 0 aliphatic carbocycles. The van der Waals surface area contributed by atoms with Gasteiger partial charge in [0.25, 0.3) is 0 Å². The highest BCUT2D eigenvalue weighted by Crippen LogP contribution is 2.23. The Labute approximate surface area is 89.6 Å². The zero-order chi connectivity index (χ0) is 10.6. The van der Waals surface area contributed by atoms with Gasteiger partial charge in [0.1, 0.15) is 6.04 Å². The van der Waals surface area contributed by atoms with Gasteiger partial charge in [-0.2, -0.15) is 5.26 Å². The molecule has 1 rings (SSSR count). The molecule has 76 valence electrons. The molecular formula is C11H16N2S. The third-order valence-electron chi connectivity index (χ3n) is 2.02. The van der Waals surface area contributed by atoms with Crippen LogP contribution in [0.2, 0.25) is 0 Å². The van der Waals surface area contributed by atoms with Gasteiger partial charge in [-0.1, -0.05) is 13.8 Å². The standard InChI is InChI=1S/C11H16N2S/c1-8(2)7-13-10(6-12)11-9(3)4-5-14-11/h4-5,8,10,13H,7H2,1-3H3. The monoisotopic (exact) mass is 208 g/mol. The lowest BCUT2D eigenvalue weighted by molar-refractivity contribution is 0.527. The summed E-state index contributed by atoms with van der Waals surface area (Å²) in [5.74, 6) is 0.575. The molecule has 0 aliphatic heterocycles. The lowest BCUT2D eigenvalue weighted by atomic mass is 10.1. The summed E-state index contributed by atoms with van der Waals surface area (Å²) in [4.78, 5) is 1.15. The Balaban J connectivity index is 2.65. The molecule has 0 radical (unpaired) electrons. The van der Waals surface area contributed by atoms with Crippen LogP contribution in [0.5, 0.6) is 0 Å². The number of hydrogen-bond donors (Lipinski definition) is 1. The fourth-order valence-electron chi connectivity index (χ4n) is 1.23. The van der Waals surface area contributed by atoms with Crippen LogP contribution in [0, 0.1) is 24.2 Å². The van der Waals surface area contributed by atoms with Crippen molar-refractivity contribution in [1.29, 1.82) is 5.26 Å². The Morgan fingerprint density at radius 3 is 2.71 bits per heavy atom. The molecule has 1 aromatic heterocycles. The third-order valence-corrected chi connectivity index (χ3v) is 3.11. The van der Waals surface area contributed by atoms with E-state index in [0.29, 0.717) is 5.92 Å². The van der Waals surface area contributed by atoms with Gasteiger partial charge in [0.2, 0.25) is 0 Å². The Morgan fingerprint density at radius 1 is 1.57 bits per heavy atom. The molecule has 1 N–H and O–H groups in total. The van der Waals surface area contributed by atoms with Crippen LogP contribution in [0.1, 0.15) is 30.3 Å². The van der Waals surface area contributed by atoms with Gasteiger partial charge in [0.15, 0.2) is 0 Å². The predicted octanol–water partition coefficient (Wildman–Crippen LogP) is 2.87. The summed E-state index contributed by atoms with van der Waals surface area (Å²) in [6.07, 6.45) is 0. The number of aryl methyl sites for hydroxylation is 1. The average molecular weight is 208 g/mol. The van der Waals surface area contributed by atoms with Crippen LogP contribution in [0.15, 0.2) is 11.4 Å². The van der Waals surface area contributed by atoms with Crippen molar-refractivity contribution < 1.29 is 0 Å². The number of nitrogens with one attached hydrogen (secondary N) is 1. The topological polar surface area (TPSA) is 35.8 Å². The van der Waals surface area contributed by atoms with Crippen molar-refractivity contribution in [2.75, 3.05) is 6.54 Å². The van der Waals surface area contributed by atoms with E-state index < -0.39 is 0 Å². The molecule has 1 aromatic rings. The number of nitrogens with zero attached hydrogens (tertiary/aromatic N) is 1. The molecule has 0 saturated carbocycles. The lowest BCUT2D eigenvalue weighted by Gasteiger charge is -2.12. The minimum absolute atomic E-state index is 0.141. The maximum Gasteiger partial charge on any atom is 0.130 e. The van der Waals surface area contributed by atoms with Gasteiger partial charge in [-0.15, -0.1) is 11.3 Å². The quantitative estimate of drug-likeness (QED) is 0.826. The van der Waals surface area contributed by atoms with Gasteiger partial charge in [-0.05, 0) is 36.4 Å². The fourth-order valence-corrected chi connectivity index (χ4v) is 2.18. The second-order valence-corrected chi connectivity index (χ2v) is 4.78. The van der Waals surface area contributed by atoms with E-state index in [1.165, 1.54) is 5.56 Å². The molecule has 0 aliphatic rings. The third kappa shape index (κ3) is 2.83. The minimum Gasteiger partial charge on any atom is -0.297 e. The van der Waals surface area contributed by atoms with Crippen LogP contribution in [-0.2, 0) is 0 Å². The van der Waals surface area contributed by atoms with Crippen LogP contribution in [-0.4, -0.2) is 6.54 Å². The number of nitriles is 1. The molecule has 1 atom stereocenters. The van der Waals surface area contributed by atoms with Gasteiger partial charge >= 0.3 is 0 Å². The second-order valence-electron chi connectivity index (χ2n) is 3.83. The normalized spacial score (nSPS) is 12.8. The number of rotatable bonds is 4. The van der Waals surface area contributed by atoms with Crippen LogP contribution in [0.25, 0.3) is 0 Å². The van der Waals surface area contributed by atoms with Crippen LogP contribution in [0.4, 0.5) is 0 Å². The molecule has 2 nitrogen and oxygen atoms in total. The molecule has 1 unspecified atom stereocenters. The zero-order valence-electron chi connectivity index (χ0n) is 8.87. The zero-order valence-corrected chi connectivity index (χ0v) is 9.69. The van der Waals surface area contributed by atoms with Crippen molar-refractivity contribution in [3.8, 4) is 6.07 Å². The summed E-state index contributed by atoms with van der Waals surface area (Å²) < 4.78 is 0. The minimum atomic E-state index is -0.141. The van der Waals surface area contributed by atoms with Gasteiger partial charge in [0, 0.05) is 4.88 Å². The van der Waals surface area contributed by atoms with E-state index in [-0.39, 0.29) is 6.04 Å². The molecule has 0 aromatic carbocycles. The van der Waals surface area contributed by atoms with E-state index in [0.717, 1.165) is 11.4 Å². The van der Waals surface area contributed by atoms with Crippen molar-refractivity contribution >= 4 is 11.3 Å². The maximum absolute atomic E-state index is 9.03. The summed E-state index contributed by atoms with van der Waals surface area (Å²) in [6.45, 7) is 7.22. The molecule has 0 amide bonds. The largest absolute Gasteiger partial charge is 0.297 e. The van der Waals surface area contributed by atoms with Gasteiger partial charge in [-0.25, -0.2) is 0 Å². The van der Waals surface area contributed by atoms with Crippen molar-refractivity contribution in [2.24, 2.45) is 5.92 Å². The van der Waals surface area contributed by atoms with Gasteiger partial charge in [0.05, 0.1) is 6.07 Å². The molecule has 0 bridgehead atoms. The fraction of sp³-hybridized carbons (Fsp3) is 0.545. The number of thiophene rings is 1. The van der Waals surface area contributed by atoms with E-state index in [2.05, 4.69) is 31.3 Å². The van der Waals surface area contributed by atoms with Crippen LogP contribution in [0.3, 0.4) is 0 Å². The summed E-state index contributed by atoms with van der Waals surface area (Å²) in [6, 6.07) is 4.22. The molecule has 3 heteroatoms. The van der Waals surface area contributed by atoms with Gasteiger partial charge in [-0.3, -0.25) is 5.32 Å². The first-order chi connectivity index (χ1) is 6.65. The Bertz CT molecular complexity index is 322. The number of hydrogen-bond acceptors (Lipinski definition) is 3. The first-order valence-corrected chi connectivity index (χ1v) is 5.70. The lowest BCUT2D eigenvalue weighted by Crippen LogP contribution is -2.24. The van der Waals surface area contributed by atoms with E-state index in [9.17, 15) is 0 Å². The summed E-state index contributed by atoms with van der Waals surface area (Å²) >= 11 is 1.65. The summed E-state index contributed by atoms with van der Waals surface area (Å²) in [5, 5.41) is 14.3. The van der Waals surface area contributed by atoms with Crippen molar-refractivity contribution in [3.05, 3.63) is 21.9 Å². The SMILES string of the molecule is Cc1ccsc1C(C#N)NCC(C)C. The molecule has 0 fully saturated rings. The second kappa shape index (κ2) is 5.14. The van der Waals surface area contributed by atoms with E-state index >= 15 is 0 Å². The maximum atomic E-state index is 9.03. The highest BCUT2D eigenvalue weighted by Gasteiger charge is 2.13. The Hall–Kier alpha value is -0.850. The molecule has 1 heterocycles. The molecule has 0 spiro atoms. The smallest absolute Gasteiger partial charge is 0.130 e. The van der Waals surface area contributed by atoms with E-state index in [4.69, 9.17) is 5.26 Å². The molecule has 14 heavy (non-hydrogen) atoms. The Kier molecular flexibility index (Phi) is 4.12. The van der Waals surface area contributed by atoms with Crippen LogP contribution >= 0.6 is 11.3 Å². The van der Waals surface area contributed by atoms with Gasteiger partial charge < -0.3 is 0 Å². The van der Waals surface area contributed by atoms with E-state index in [1.807, 2.05) is 12.3 Å². The van der Waals surface area contributed by atoms with Crippen molar-refractivity contribution in [2.45, 2.75) is 26.8 Å². The molecular weight excluding hydrogens is 192 g/mol. The van der Waals surface area contributed by atoms with Crippen LogP contribution < -0.4 is 5.32 Å². The summed E-state index contributed by atoms with van der Waals surface area (Å²) in [7, 11) is 0. The Morgan fingerprint density at radius 2 is 2.29 bits per heavy atom. The van der Waals surface area contributed by atoms with Crippen molar-refractivity contribution in [1.82, 2.24) is 5.32 Å². The highest BCUT2D eigenvalue weighted by molar-refractivity contribution is 7.10. The predicted molar refractivity (Wildman–Crippen MR) is 60.3 cm³/mol. The first-order valence-electron chi connectivity index (χ1n) is 4.82. The first kappa shape index (κ1) is 11.2. The van der Waals surface area contributed by atoms with E-state index in [1.54, 1.807) is 11.3 Å². The highest BCUT2D eigenvalue weighted by atomic mass is 32.1. The average Bonchev–Trinajstić information content (AvgIpc) is 2.53.